The van der Waals surface area contributed by atoms with Crippen molar-refractivity contribution >= 4 is 0 Å². The largest absolute Gasteiger partial charge is 0.394 e. The molecule has 1 aromatic rings. The first-order chi connectivity index (χ1) is 7.30. The Morgan fingerprint density at radius 2 is 2.40 bits per heavy atom. The molecule has 1 heterocycles. The number of aliphatic hydroxyl groups excluding tert-OH is 1. The molecule has 2 N–H and O–H groups in total. The van der Waals surface area contributed by atoms with E-state index in [1.165, 1.54) is 12.8 Å². The van der Waals surface area contributed by atoms with E-state index in [9.17, 15) is 5.11 Å². The number of aliphatic hydroxyl groups is 1. The highest BCUT2D eigenvalue weighted by Crippen LogP contribution is 2.40. The van der Waals surface area contributed by atoms with Crippen molar-refractivity contribution in [3.8, 4) is 0 Å². The van der Waals surface area contributed by atoms with Gasteiger partial charge in [-0.1, -0.05) is 6.92 Å². The van der Waals surface area contributed by atoms with Crippen LogP contribution < -0.4 is 5.32 Å². The van der Waals surface area contributed by atoms with Gasteiger partial charge in [-0.25, -0.2) is 0 Å². The molecule has 15 heavy (non-hydrogen) atoms. The molecule has 1 fully saturated rings. The fourth-order valence-corrected chi connectivity index (χ4v) is 2.24. The molecule has 0 aromatic carbocycles. The molecule has 2 rings (SSSR count). The van der Waals surface area contributed by atoms with Crippen LogP contribution in [0, 0.1) is 5.92 Å². The Balaban J connectivity index is 2.09. The Hall–Kier alpha value is -0.870. The third-order valence-corrected chi connectivity index (χ3v) is 3.17. The summed E-state index contributed by atoms with van der Waals surface area (Å²) in [5.41, 5.74) is -0.166. The molecule has 84 valence electrons. The fourth-order valence-electron chi connectivity index (χ4n) is 2.24. The van der Waals surface area contributed by atoms with Crippen LogP contribution in [0.15, 0.2) is 18.5 Å². The van der Waals surface area contributed by atoms with Gasteiger partial charge in [0.15, 0.2) is 0 Å². The fraction of sp³-hybridized carbons (Fsp3) is 0.727. The topological polar surface area (TPSA) is 50.1 Å². The minimum atomic E-state index is -0.166. The summed E-state index contributed by atoms with van der Waals surface area (Å²) < 4.78 is 1.90. The van der Waals surface area contributed by atoms with Crippen molar-refractivity contribution < 1.29 is 5.11 Å². The summed E-state index contributed by atoms with van der Waals surface area (Å²) in [7, 11) is 0. The van der Waals surface area contributed by atoms with Crippen LogP contribution in [0.25, 0.3) is 0 Å². The zero-order chi connectivity index (χ0) is 10.7. The standard InChI is InChI=1S/C11H19N3O/c1-2-12-11(9-15,10-4-5-10)8-14-7-3-6-13-14/h3,6-7,10,12,15H,2,4-5,8-9H2,1H3. The van der Waals surface area contributed by atoms with Crippen molar-refractivity contribution in [3.63, 3.8) is 0 Å². The first kappa shape index (κ1) is 10.6. The van der Waals surface area contributed by atoms with Crippen molar-refractivity contribution in [2.45, 2.75) is 31.8 Å². The summed E-state index contributed by atoms with van der Waals surface area (Å²) in [6, 6.07) is 1.92. The van der Waals surface area contributed by atoms with Gasteiger partial charge in [-0.2, -0.15) is 5.10 Å². The molecule has 0 radical (unpaired) electrons. The van der Waals surface area contributed by atoms with E-state index in [4.69, 9.17) is 0 Å². The second-order valence-corrected chi connectivity index (χ2v) is 4.32. The highest BCUT2D eigenvalue weighted by molar-refractivity contribution is 5.01. The van der Waals surface area contributed by atoms with Crippen LogP contribution in [0.5, 0.6) is 0 Å². The van der Waals surface area contributed by atoms with Gasteiger partial charge in [0.05, 0.1) is 18.7 Å². The summed E-state index contributed by atoms with van der Waals surface area (Å²) in [5, 5.41) is 17.3. The summed E-state index contributed by atoms with van der Waals surface area (Å²) in [6.07, 6.45) is 6.16. The zero-order valence-electron chi connectivity index (χ0n) is 9.19. The van der Waals surface area contributed by atoms with Gasteiger partial charge < -0.3 is 10.4 Å². The first-order valence-electron chi connectivity index (χ1n) is 5.64. The smallest absolute Gasteiger partial charge is 0.0641 e. The monoisotopic (exact) mass is 209 g/mol. The lowest BCUT2D eigenvalue weighted by Gasteiger charge is -2.33. The Morgan fingerprint density at radius 3 is 2.87 bits per heavy atom. The van der Waals surface area contributed by atoms with E-state index < -0.39 is 0 Å². The summed E-state index contributed by atoms with van der Waals surface area (Å²) in [5.74, 6) is 0.603. The third kappa shape index (κ3) is 2.21. The lowest BCUT2D eigenvalue weighted by Crippen LogP contribution is -2.53. The van der Waals surface area contributed by atoms with Crippen LogP contribution in [-0.4, -0.2) is 33.6 Å². The predicted octanol–water partition coefficient (Wildman–Crippen LogP) is 0.634. The van der Waals surface area contributed by atoms with E-state index in [1.807, 2.05) is 16.9 Å². The number of hydrogen-bond acceptors (Lipinski definition) is 3. The number of nitrogens with one attached hydrogen (secondary N) is 1. The molecular formula is C11H19N3O. The molecule has 4 nitrogen and oxygen atoms in total. The van der Waals surface area contributed by atoms with Gasteiger partial charge in [0.2, 0.25) is 0 Å². The van der Waals surface area contributed by atoms with Crippen molar-refractivity contribution in [1.82, 2.24) is 15.1 Å². The maximum Gasteiger partial charge on any atom is 0.0641 e. The van der Waals surface area contributed by atoms with Crippen molar-refractivity contribution in [2.24, 2.45) is 5.92 Å². The number of nitrogens with zero attached hydrogens (tertiary/aromatic N) is 2. The maximum absolute atomic E-state index is 9.61. The van der Waals surface area contributed by atoms with Gasteiger partial charge in [-0.15, -0.1) is 0 Å². The normalized spacial score (nSPS) is 20.1. The zero-order valence-corrected chi connectivity index (χ0v) is 9.19. The Kier molecular flexibility index (Phi) is 3.07. The van der Waals surface area contributed by atoms with Gasteiger partial charge in [0, 0.05) is 12.4 Å². The molecule has 0 amide bonds. The molecule has 1 atom stereocenters. The van der Waals surface area contributed by atoms with Crippen LogP contribution in [0.2, 0.25) is 0 Å². The van der Waals surface area contributed by atoms with E-state index in [1.54, 1.807) is 6.20 Å². The predicted molar refractivity (Wildman–Crippen MR) is 58.4 cm³/mol. The number of rotatable bonds is 6. The van der Waals surface area contributed by atoms with Gasteiger partial charge in [-0.05, 0) is 31.4 Å². The van der Waals surface area contributed by atoms with Crippen molar-refractivity contribution in [2.75, 3.05) is 13.2 Å². The first-order valence-corrected chi connectivity index (χ1v) is 5.64. The average Bonchev–Trinajstić information content (AvgIpc) is 2.98. The number of likely N-dealkylation sites (N-methyl/N-ethyl adjacent to an activating group) is 1. The van der Waals surface area contributed by atoms with Crippen LogP contribution in [0.3, 0.4) is 0 Å². The lowest BCUT2D eigenvalue weighted by molar-refractivity contribution is 0.120. The molecule has 1 aromatic heterocycles. The molecule has 4 heteroatoms. The van der Waals surface area contributed by atoms with Crippen molar-refractivity contribution in [3.05, 3.63) is 18.5 Å². The van der Waals surface area contributed by atoms with E-state index in [-0.39, 0.29) is 12.1 Å². The third-order valence-electron chi connectivity index (χ3n) is 3.17. The van der Waals surface area contributed by atoms with Gasteiger partial charge in [0.25, 0.3) is 0 Å². The van der Waals surface area contributed by atoms with E-state index >= 15 is 0 Å². The molecule has 1 aliphatic rings. The van der Waals surface area contributed by atoms with Crippen LogP contribution >= 0.6 is 0 Å². The minimum Gasteiger partial charge on any atom is -0.394 e. The van der Waals surface area contributed by atoms with Crippen LogP contribution in [0.4, 0.5) is 0 Å². The molecule has 0 bridgehead atoms. The summed E-state index contributed by atoms with van der Waals surface area (Å²) in [4.78, 5) is 0. The van der Waals surface area contributed by atoms with Crippen LogP contribution in [-0.2, 0) is 6.54 Å². The molecule has 1 unspecified atom stereocenters. The molecule has 1 saturated carbocycles. The van der Waals surface area contributed by atoms with E-state index in [0.717, 1.165) is 13.1 Å². The highest BCUT2D eigenvalue weighted by Gasteiger charge is 2.44. The second-order valence-electron chi connectivity index (χ2n) is 4.32. The maximum atomic E-state index is 9.61. The van der Waals surface area contributed by atoms with Crippen LogP contribution in [0.1, 0.15) is 19.8 Å². The SMILES string of the molecule is CCNC(CO)(Cn1cccn1)C1CC1. The Bertz CT molecular complexity index is 295. The second kappa shape index (κ2) is 4.33. The quantitative estimate of drug-likeness (QED) is 0.722. The Labute approximate surface area is 90.3 Å². The lowest BCUT2D eigenvalue weighted by atomic mass is 9.94. The molecule has 1 aliphatic carbocycles. The van der Waals surface area contributed by atoms with E-state index in [2.05, 4.69) is 17.3 Å². The van der Waals surface area contributed by atoms with Gasteiger partial charge >= 0.3 is 0 Å². The van der Waals surface area contributed by atoms with Crippen molar-refractivity contribution in [1.29, 1.82) is 0 Å². The highest BCUT2D eigenvalue weighted by atomic mass is 16.3. The van der Waals surface area contributed by atoms with Gasteiger partial charge in [-0.3, -0.25) is 4.68 Å². The average molecular weight is 209 g/mol. The minimum absolute atomic E-state index is 0.166. The number of hydrogen-bond donors (Lipinski definition) is 2. The molecular weight excluding hydrogens is 190 g/mol. The van der Waals surface area contributed by atoms with Gasteiger partial charge in [0.1, 0.15) is 0 Å². The Morgan fingerprint density at radius 1 is 1.60 bits per heavy atom. The van der Waals surface area contributed by atoms with E-state index in [0.29, 0.717) is 5.92 Å². The summed E-state index contributed by atoms with van der Waals surface area (Å²) in [6.45, 7) is 3.91. The molecule has 0 saturated heterocycles. The summed E-state index contributed by atoms with van der Waals surface area (Å²) >= 11 is 0. The molecule has 0 aliphatic heterocycles. The number of aromatic nitrogens is 2. The molecule has 0 spiro atoms.